The maximum Gasteiger partial charge on any atom is 0.274 e. The normalized spacial score (nSPS) is 10.3. The Morgan fingerprint density at radius 1 is 1.17 bits per heavy atom. The van der Waals surface area contributed by atoms with Gasteiger partial charge < -0.3 is 10.1 Å². The Morgan fingerprint density at radius 3 is 2.76 bits per heavy atom. The number of methoxy groups -OCH3 is 1. The average Bonchev–Trinajstić information content (AvgIpc) is 3.42. The molecular weight excluding hydrogens is 368 g/mol. The Labute approximate surface area is 166 Å². The van der Waals surface area contributed by atoms with E-state index >= 15 is 0 Å². The second-order valence-corrected chi connectivity index (χ2v) is 6.12. The number of nitrogens with one attached hydrogen (secondary N) is 2. The van der Waals surface area contributed by atoms with Gasteiger partial charge in [-0.05, 0) is 30.3 Å². The molecule has 0 aliphatic carbocycles. The smallest absolute Gasteiger partial charge is 0.274 e. The summed E-state index contributed by atoms with van der Waals surface area (Å²) in [5.74, 6) is 0.559. The Hall–Kier alpha value is -4.38. The molecule has 4 rings (SSSR count). The van der Waals surface area contributed by atoms with E-state index in [2.05, 4.69) is 20.6 Å². The number of carbonyl (C=O) groups is 1. The first-order valence-corrected chi connectivity index (χ1v) is 8.74. The minimum Gasteiger partial charge on any atom is -0.497 e. The fraction of sp³-hybridized carbons (Fsp3) is 0.0476. The number of anilines is 1. The summed E-state index contributed by atoms with van der Waals surface area (Å²) < 4.78 is 6.73. The number of para-hydroxylation sites is 1. The van der Waals surface area contributed by atoms with Crippen LogP contribution in [0.1, 0.15) is 16.1 Å². The van der Waals surface area contributed by atoms with Crippen molar-refractivity contribution in [3.8, 4) is 28.8 Å². The predicted molar refractivity (Wildman–Crippen MR) is 107 cm³/mol. The molecule has 2 heterocycles. The Morgan fingerprint density at radius 2 is 2.00 bits per heavy atom. The van der Waals surface area contributed by atoms with Gasteiger partial charge in [0, 0.05) is 5.56 Å². The van der Waals surface area contributed by atoms with E-state index in [1.807, 2.05) is 60.7 Å². The molecule has 142 valence electrons. The van der Waals surface area contributed by atoms with Crippen molar-refractivity contribution in [2.45, 2.75) is 0 Å². The minimum absolute atomic E-state index is 0.257. The average molecular weight is 384 g/mol. The number of ether oxygens (including phenoxy) is 1. The van der Waals surface area contributed by atoms with Crippen molar-refractivity contribution >= 4 is 11.7 Å². The van der Waals surface area contributed by atoms with Crippen LogP contribution in [0.2, 0.25) is 0 Å². The van der Waals surface area contributed by atoms with Gasteiger partial charge in [0.05, 0.1) is 24.7 Å². The number of rotatable bonds is 5. The van der Waals surface area contributed by atoms with E-state index in [0.717, 1.165) is 11.3 Å². The molecule has 0 unspecified atom stereocenters. The second kappa shape index (κ2) is 7.70. The molecular formula is C21H16N6O2. The zero-order valence-electron chi connectivity index (χ0n) is 15.5. The third kappa shape index (κ3) is 3.57. The van der Waals surface area contributed by atoms with Crippen LogP contribution in [0.15, 0.2) is 66.9 Å². The molecule has 1 amide bonds. The molecule has 8 heteroatoms. The lowest BCUT2D eigenvalue weighted by atomic mass is 10.1. The molecule has 29 heavy (non-hydrogen) atoms. The summed E-state index contributed by atoms with van der Waals surface area (Å²) in [5, 5.41) is 23.3. The summed E-state index contributed by atoms with van der Waals surface area (Å²) in [6, 6.07) is 20.3. The van der Waals surface area contributed by atoms with Gasteiger partial charge in [0.2, 0.25) is 0 Å². The number of nitrogens with zero attached hydrogens (tertiary/aromatic N) is 4. The molecule has 4 aromatic rings. The van der Waals surface area contributed by atoms with Gasteiger partial charge in [0.25, 0.3) is 5.91 Å². The van der Waals surface area contributed by atoms with Crippen molar-refractivity contribution < 1.29 is 9.53 Å². The zero-order valence-corrected chi connectivity index (χ0v) is 15.5. The van der Waals surface area contributed by atoms with E-state index in [1.54, 1.807) is 13.2 Å². The molecule has 2 aromatic heterocycles. The predicted octanol–water partition coefficient (Wildman–Crippen LogP) is 3.39. The highest BCUT2D eigenvalue weighted by molar-refractivity contribution is 6.03. The highest BCUT2D eigenvalue weighted by Gasteiger charge is 2.18. The van der Waals surface area contributed by atoms with Crippen LogP contribution in [0.25, 0.3) is 16.9 Å². The van der Waals surface area contributed by atoms with Gasteiger partial charge >= 0.3 is 0 Å². The van der Waals surface area contributed by atoms with Crippen LogP contribution in [-0.2, 0) is 0 Å². The van der Waals surface area contributed by atoms with Crippen LogP contribution in [0.4, 0.5) is 5.82 Å². The number of hydrogen-bond donors (Lipinski definition) is 2. The number of carbonyl (C=O) groups excluding carboxylic acids is 1. The fourth-order valence-electron chi connectivity index (χ4n) is 2.86. The molecule has 2 aromatic carbocycles. The number of amides is 1. The van der Waals surface area contributed by atoms with Gasteiger partial charge in [-0.3, -0.25) is 9.89 Å². The summed E-state index contributed by atoms with van der Waals surface area (Å²) in [6.07, 6.45) is 1.41. The van der Waals surface area contributed by atoms with Gasteiger partial charge in [-0.1, -0.05) is 30.3 Å². The van der Waals surface area contributed by atoms with Crippen molar-refractivity contribution in [2.24, 2.45) is 0 Å². The summed E-state index contributed by atoms with van der Waals surface area (Å²) in [4.78, 5) is 12.8. The lowest BCUT2D eigenvalue weighted by Crippen LogP contribution is -2.16. The molecule has 0 aliphatic rings. The van der Waals surface area contributed by atoms with E-state index in [0.29, 0.717) is 17.3 Å². The molecule has 0 saturated heterocycles. The lowest BCUT2D eigenvalue weighted by molar-refractivity contribution is 0.102. The van der Waals surface area contributed by atoms with Crippen LogP contribution in [0, 0.1) is 11.3 Å². The van der Waals surface area contributed by atoms with Gasteiger partial charge in [-0.2, -0.15) is 15.5 Å². The summed E-state index contributed by atoms with van der Waals surface area (Å²) in [7, 11) is 1.59. The molecule has 0 aliphatic heterocycles. The number of H-pyrrole nitrogens is 1. The second-order valence-electron chi connectivity index (χ2n) is 6.12. The standard InChI is InChI=1S/C21H16N6O2/c1-29-17-9-5-6-14(10-17)18-11-19(26-25-18)21(28)24-20-15(12-22)13-23-27(20)16-7-3-2-4-8-16/h2-11,13H,1H3,(H,24,28)(H,25,26). The maximum absolute atomic E-state index is 12.8. The van der Waals surface area contributed by atoms with E-state index < -0.39 is 5.91 Å². The number of aromatic amines is 1. The van der Waals surface area contributed by atoms with Crippen LogP contribution in [0.3, 0.4) is 0 Å². The van der Waals surface area contributed by atoms with Crippen LogP contribution in [-0.4, -0.2) is 33.0 Å². The fourth-order valence-corrected chi connectivity index (χ4v) is 2.86. The minimum atomic E-state index is -0.430. The molecule has 2 N–H and O–H groups in total. The van der Waals surface area contributed by atoms with Crippen molar-refractivity contribution in [3.05, 3.63) is 78.1 Å². The molecule has 0 spiro atoms. The monoisotopic (exact) mass is 384 g/mol. The summed E-state index contributed by atoms with van der Waals surface area (Å²) in [5.41, 5.74) is 2.66. The summed E-state index contributed by atoms with van der Waals surface area (Å²) in [6.45, 7) is 0. The Bertz CT molecular complexity index is 1200. The van der Waals surface area contributed by atoms with E-state index in [-0.39, 0.29) is 11.3 Å². The van der Waals surface area contributed by atoms with Gasteiger partial charge in [-0.15, -0.1) is 0 Å². The van der Waals surface area contributed by atoms with Crippen molar-refractivity contribution in [1.29, 1.82) is 5.26 Å². The highest BCUT2D eigenvalue weighted by Crippen LogP contribution is 2.24. The van der Waals surface area contributed by atoms with Crippen LogP contribution >= 0.6 is 0 Å². The molecule has 0 saturated carbocycles. The van der Waals surface area contributed by atoms with Gasteiger partial charge in [-0.25, -0.2) is 4.68 Å². The van der Waals surface area contributed by atoms with Gasteiger partial charge in [0.15, 0.2) is 5.82 Å². The third-order valence-electron chi connectivity index (χ3n) is 4.31. The molecule has 0 radical (unpaired) electrons. The first kappa shape index (κ1) is 18.0. The highest BCUT2D eigenvalue weighted by atomic mass is 16.5. The maximum atomic E-state index is 12.8. The molecule has 0 bridgehead atoms. The van der Waals surface area contributed by atoms with Crippen molar-refractivity contribution in [1.82, 2.24) is 20.0 Å². The van der Waals surface area contributed by atoms with E-state index in [4.69, 9.17) is 4.74 Å². The first-order chi connectivity index (χ1) is 14.2. The zero-order chi connectivity index (χ0) is 20.2. The number of aromatic nitrogens is 4. The quantitative estimate of drug-likeness (QED) is 0.548. The third-order valence-corrected chi connectivity index (χ3v) is 4.31. The van der Waals surface area contributed by atoms with E-state index in [1.165, 1.54) is 10.9 Å². The molecule has 8 nitrogen and oxygen atoms in total. The summed E-state index contributed by atoms with van der Waals surface area (Å²) >= 11 is 0. The number of benzene rings is 2. The molecule has 0 fully saturated rings. The van der Waals surface area contributed by atoms with Crippen LogP contribution in [0.5, 0.6) is 5.75 Å². The van der Waals surface area contributed by atoms with Crippen LogP contribution < -0.4 is 10.1 Å². The Balaban J connectivity index is 1.62. The number of hydrogen-bond acceptors (Lipinski definition) is 5. The van der Waals surface area contributed by atoms with Crippen molar-refractivity contribution in [2.75, 3.05) is 12.4 Å². The SMILES string of the molecule is COc1cccc(-c2cc(C(=O)Nc3c(C#N)cnn3-c3ccccc3)[nH]n2)c1. The lowest BCUT2D eigenvalue weighted by Gasteiger charge is -2.08. The van der Waals surface area contributed by atoms with E-state index in [9.17, 15) is 10.1 Å². The largest absolute Gasteiger partial charge is 0.497 e. The Kier molecular flexibility index (Phi) is 4.78. The number of nitriles is 1. The van der Waals surface area contributed by atoms with Gasteiger partial charge in [0.1, 0.15) is 23.1 Å². The van der Waals surface area contributed by atoms with Crippen molar-refractivity contribution in [3.63, 3.8) is 0 Å². The topological polar surface area (TPSA) is 109 Å². The first-order valence-electron chi connectivity index (χ1n) is 8.74. The molecule has 0 atom stereocenters.